The minimum atomic E-state index is -0.209. The molecule has 1 aliphatic rings. The van der Waals surface area contributed by atoms with Crippen LogP contribution in [0.2, 0.25) is 0 Å². The van der Waals surface area contributed by atoms with Crippen LogP contribution in [0.5, 0.6) is 5.75 Å². The number of carbonyl (C=O) groups excluding carboxylic acids is 2. The standard InChI is InChI=1S/C22H26N2O3/c1-2-3-6-17-10-12-18(13-11-17)23-21(25)16-27-20-8-4-7-19(15-20)24-14-5-9-22(24)26/h4,7-8,10-13,15H,2-3,5-6,9,14,16H2,1H3,(H,23,25). The van der Waals surface area contributed by atoms with Crippen molar-refractivity contribution in [1.29, 1.82) is 0 Å². The SMILES string of the molecule is CCCCc1ccc(NC(=O)COc2cccc(N3CCCC3=O)c2)cc1. The number of hydrogen-bond acceptors (Lipinski definition) is 3. The van der Waals surface area contributed by atoms with Gasteiger partial charge < -0.3 is 15.0 Å². The van der Waals surface area contributed by atoms with Gasteiger partial charge in [-0.1, -0.05) is 31.5 Å². The highest BCUT2D eigenvalue weighted by Crippen LogP contribution is 2.25. The van der Waals surface area contributed by atoms with E-state index in [2.05, 4.69) is 12.2 Å². The highest BCUT2D eigenvalue weighted by Gasteiger charge is 2.21. The molecular weight excluding hydrogens is 340 g/mol. The predicted molar refractivity (Wildman–Crippen MR) is 107 cm³/mol. The lowest BCUT2D eigenvalue weighted by atomic mass is 10.1. The number of hydrogen-bond donors (Lipinski definition) is 1. The van der Waals surface area contributed by atoms with Gasteiger partial charge in [0.2, 0.25) is 5.91 Å². The predicted octanol–water partition coefficient (Wildman–Crippen LogP) is 4.17. The van der Waals surface area contributed by atoms with Crippen molar-refractivity contribution >= 4 is 23.2 Å². The first-order chi connectivity index (χ1) is 13.2. The summed E-state index contributed by atoms with van der Waals surface area (Å²) in [5.41, 5.74) is 2.86. The molecule has 0 bridgehead atoms. The number of nitrogens with one attached hydrogen (secondary N) is 1. The van der Waals surface area contributed by atoms with Crippen molar-refractivity contribution in [2.75, 3.05) is 23.4 Å². The van der Waals surface area contributed by atoms with Crippen LogP contribution in [0.15, 0.2) is 48.5 Å². The second-order valence-electron chi connectivity index (χ2n) is 6.78. The summed E-state index contributed by atoms with van der Waals surface area (Å²) in [5, 5.41) is 2.84. The second-order valence-corrected chi connectivity index (χ2v) is 6.78. The molecule has 2 aromatic rings. The Balaban J connectivity index is 1.51. The summed E-state index contributed by atoms with van der Waals surface area (Å²) in [7, 11) is 0. The maximum atomic E-state index is 12.1. The van der Waals surface area contributed by atoms with Gasteiger partial charge >= 0.3 is 0 Å². The monoisotopic (exact) mass is 366 g/mol. The lowest BCUT2D eigenvalue weighted by Crippen LogP contribution is -2.24. The molecule has 1 aliphatic heterocycles. The fourth-order valence-electron chi connectivity index (χ4n) is 3.14. The zero-order chi connectivity index (χ0) is 19.1. The molecule has 1 saturated heterocycles. The molecule has 0 atom stereocenters. The highest BCUT2D eigenvalue weighted by atomic mass is 16.5. The number of carbonyl (C=O) groups is 2. The Morgan fingerprint density at radius 1 is 1.19 bits per heavy atom. The van der Waals surface area contributed by atoms with Crippen molar-refractivity contribution in [3.63, 3.8) is 0 Å². The summed E-state index contributed by atoms with van der Waals surface area (Å²) < 4.78 is 5.60. The average Bonchev–Trinajstić information content (AvgIpc) is 3.12. The fraction of sp³-hybridized carbons (Fsp3) is 0.364. The highest BCUT2D eigenvalue weighted by molar-refractivity contribution is 5.95. The molecule has 2 amide bonds. The van der Waals surface area contributed by atoms with E-state index in [9.17, 15) is 9.59 Å². The Bertz CT molecular complexity index is 786. The number of benzene rings is 2. The molecule has 1 fully saturated rings. The largest absolute Gasteiger partial charge is 0.484 e. The third-order valence-electron chi connectivity index (χ3n) is 4.63. The maximum absolute atomic E-state index is 12.1. The molecule has 5 nitrogen and oxygen atoms in total. The van der Waals surface area contributed by atoms with E-state index in [1.807, 2.05) is 36.4 Å². The smallest absolute Gasteiger partial charge is 0.262 e. The van der Waals surface area contributed by atoms with Gasteiger partial charge in [0.15, 0.2) is 6.61 Å². The van der Waals surface area contributed by atoms with Crippen LogP contribution in [0.1, 0.15) is 38.2 Å². The number of aryl methyl sites for hydroxylation is 1. The average molecular weight is 366 g/mol. The summed E-state index contributed by atoms with van der Waals surface area (Å²) in [4.78, 5) is 25.8. The lowest BCUT2D eigenvalue weighted by molar-refractivity contribution is -0.118. The first-order valence-corrected chi connectivity index (χ1v) is 9.57. The molecule has 0 aliphatic carbocycles. The Morgan fingerprint density at radius 2 is 2.00 bits per heavy atom. The van der Waals surface area contributed by atoms with Gasteiger partial charge in [-0.2, -0.15) is 0 Å². The lowest BCUT2D eigenvalue weighted by Gasteiger charge is -2.16. The second kappa shape index (κ2) is 9.21. The molecule has 3 rings (SSSR count). The summed E-state index contributed by atoms with van der Waals surface area (Å²) in [5.74, 6) is 0.503. The van der Waals surface area contributed by atoms with Gasteiger partial charge in [-0.3, -0.25) is 9.59 Å². The molecule has 142 valence electrons. The molecule has 0 unspecified atom stereocenters. The van der Waals surface area contributed by atoms with Crippen molar-refractivity contribution in [2.24, 2.45) is 0 Å². The third-order valence-corrected chi connectivity index (χ3v) is 4.63. The molecule has 1 heterocycles. The van der Waals surface area contributed by atoms with Crippen LogP contribution in [0.25, 0.3) is 0 Å². The van der Waals surface area contributed by atoms with Crippen LogP contribution in [0.3, 0.4) is 0 Å². The Hall–Kier alpha value is -2.82. The van der Waals surface area contributed by atoms with Crippen molar-refractivity contribution < 1.29 is 14.3 Å². The van der Waals surface area contributed by atoms with Crippen LogP contribution in [0.4, 0.5) is 11.4 Å². The molecule has 5 heteroatoms. The number of ether oxygens (including phenoxy) is 1. The number of amides is 2. The molecule has 0 saturated carbocycles. The fourth-order valence-corrected chi connectivity index (χ4v) is 3.14. The molecule has 0 spiro atoms. The van der Waals surface area contributed by atoms with Crippen LogP contribution in [0, 0.1) is 0 Å². The van der Waals surface area contributed by atoms with E-state index in [0.29, 0.717) is 12.2 Å². The van der Waals surface area contributed by atoms with Gasteiger partial charge in [0, 0.05) is 30.4 Å². The van der Waals surface area contributed by atoms with Crippen LogP contribution < -0.4 is 15.0 Å². The van der Waals surface area contributed by atoms with Gasteiger partial charge in [0.1, 0.15) is 5.75 Å². The first kappa shape index (κ1) is 19.0. The molecular formula is C22H26N2O3. The summed E-state index contributed by atoms with van der Waals surface area (Å²) >= 11 is 0. The van der Waals surface area contributed by atoms with E-state index in [-0.39, 0.29) is 18.4 Å². The van der Waals surface area contributed by atoms with E-state index in [0.717, 1.165) is 30.8 Å². The van der Waals surface area contributed by atoms with Gasteiger partial charge in [-0.15, -0.1) is 0 Å². The van der Waals surface area contributed by atoms with Gasteiger partial charge in [-0.05, 0) is 49.1 Å². The molecule has 2 aromatic carbocycles. The van der Waals surface area contributed by atoms with Crippen molar-refractivity contribution in [3.8, 4) is 5.75 Å². The van der Waals surface area contributed by atoms with Crippen molar-refractivity contribution in [3.05, 3.63) is 54.1 Å². The van der Waals surface area contributed by atoms with Crippen molar-refractivity contribution in [1.82, 2.24) is 0 Å². The van der Waals surface area contributed by atoms with Gasteiger partial charge in [-0.25, -0.2) is 0 Å². The van der Waals surface area contributed by atoms with E-state index in [1.54, 1.807) is 17.0 Å². The summed E-state index contributed by atoms with van der Waals surface area (Å²) in [6.45, 7) is 2.83. The minimum Gasteiger partial charge on any atom is -0.484 e. The topological polar surface area (TPSA) is 58.6 Å². The van der Waals surface area contributed by atoms with E-state index in [4.69, 9.17) is 4.74 Å². The van der Waals surface area contributed by atoms with Crippen molar-refractivity contribution in [2.45, 2.75) is 39.0 Å². The maximum Gasteiger partial charge on any atom is 0.262 e. The number of rotatable bonds is 8. The quantitative estimate of drug-likeness (QED) is 0.763. The molecule has 27 heavy (non-hydrogen) atoms. The Kier molecular flexibility index (Phi) is 6.47. The van der Waals surface area contributed by atoms with Gasteiger partial charge in [0.25, 0.3) is 5.91 Å². The first-order valence-electron chi connectivity index (χ1n) is 9.57. The van der Waals surface area contributed by atoms with E-state index < -0.39 is 0 Å². The third kappa shape index (κ3) is 5.33. The molecule has 0 aromatic heterocycles. The Morgan fingerprint density at radius 3 is 2.70 bits per heavy atom. The number of nitrogens with zero attached hydrogens (tertiary/aromatic N) is 1. The van der Waals surface area contributed by atoms with E-state index in [1.165, 1.54) is 18.4 Å². The van der Waals surface area contributed by atoms with Gasteiger partial charge in [0.05, 0.1) is 0 Å². The minimum absolute atomic E-state index is 0.0744. The number of anilines is 2. The zero-order valence-electron chi connectivity index (χ0n) is 15.7. The molecule has 0 radical (unpaired) electrons. The number of unbranched alkanes of at least 4 members (excludes halogenated alkanes) is 1. The summed E-state index contributed by atoms with van der Waals surface area (Å²) in [6, 6.07) is 15.2. The van der Waals surface area contributed by atoms with Crippen LogP contribution >= 0.6 is 0 Å². The van der Waals surface area contributed by atoms with Crippen LogP contribution in [-0.4, -0.2) is 25.0 Å². The van der Waals surface area contributed by atoms with Crippen LogP contribution in [-0.2, 0) is 16.0 Å². The Labute approximate surface area is 160 Å². The molecule has 1 N–H and O–H groups in total. The van der Waals surface area contributed by atoms with E-state index >= 15 is 0 Å². The normalized spacial score (nSPS) is 13.7. The zero-order valence-corrected chi connectivity index (χ0v) is 15.7. The summed E-state index contributed by atoms with van der Waals surface area (Å²) in [6.07, 6.45) is 4.86.